The minimum Gasteiger partial charge on any atom is -0.311 e. The fourth-order valence-electron chi connectivity index (χ4n) is 3.41. The highest BCUT2D eigenvalue weighted by atomic mass is 127. The quantitative estimate of drug-likeness (QED) is 0.355. The fourth-order valence-corrected chi connectivity index (χ4v) is 4.40. The summed E-state index contributed by atoms with van der Waals surface area (Å²) in [4.78, 5) is 0. The molecule has 0 heterocycles. The van der Waals surface area contributed by atoms with Crippen molar-refractivity contribution in [3.63, 3.8) is 0 Å². The van der Waals surface area contributed by atoms with Gasteiger partial charge in [0.15, 0.2) is 0 Å². The molecule has 0 amide bonds. The number of halogens is 1. The predicted molar refractivity (Wildman–Crippen MR) is 99.0 cm³/mol. The number of benzene rings is 2. The number of hydrogen-bond acceptors (Lipinski definition) is 1. The number of hydrogen-bond donors (Lipinski definition) is 0. The monoisotopic (exact) mass is 391 g/mol. The maximum absolute atomic E-state index is 2.52. The van der Waals surface area contributed by atoms with Crippen LogP contribution in [0.1, 0.15) is 43.6 Å². The molecular formula is C19H22IN. The lowest BCUT2D eigenvalue weighted by Crippen LogP contribution is -2.32. The number of rotatable bonds is 3. The molecule has 2 heteroatoms. The van der Waals surface area contributed by atoms with Gasteiger partial charge in [-0.05, 0) is 30.5 Å². The first-order valence-electron chi connectivity index (χ1n) is 7.91. The Hall–Kier alpha value is -1.03. The van der Waals surface area contributed by atoms with Crippen LogP contribution >= 0.6 is 22.9 Å². The van der Waals surface area contributed by atoms with Crippen LogP contribution in [0.5, 0.6) is 0 Å². The molecule has 2 atom stereocenters. The molecule has 2 aromatic carbocycles. The van der Waals surface area contributed by atoms with Crippen molar-refractivity contribution in [2.45, 2.75) is 44.1 Å². The Morgan fingerprint density at radius 1 is 0.762 bits per heavy atom. The third-order valence-corrected chi connectivity index (χ3v) is 5.77. The Labute approximate surface area is 141 Å². The first-order chi connectivity index (χ1) is 10.4. The minimum absolute atomic E-state index is 0.595. The SMILES string of the molecule is IN(c1ccccc1)C1CCCCC[C@@H]1c1ccccc1. The lowest BCUT2D eigenvalue weighted by molar-refractivity contribution is 0.518. The Bertz CT molecular complexity index is 540. The lowest BCUT2D eigenvalue weighted by Gasteiger charge is -2.33. The largest absolute Gasteiger partial charge is 0.311 e. The van der Waals surface area contributed by atoms with Gasteiger partial charge < -0.3 is 3.11 Å². The predicted octanol–water partition coefficient (Wildman–Crippen LogP) is 5.96. The molecule has 21 heavy (non-hydrogen) atoms. The van der Waals surface area contributed by atoms with Crippen LogP contribution in [-0.4, -0.2) is 6.04 Å². The van der Waals surface area contributed by atoms with Crippen molar-refractivity contribution in [3.8, 4) is 0 Å². The average molecular weight is 391 g/mol. The van der Waals surface area contributed by atoms with Gasteiger partial charge in [-0.1, -0.05) is 67.8 Å². The van der Waals surface area contributed by atoms with Crippen LogP contribution in [0.3, 0.4) is 0 Å². The second-order valence-electron chi connectivity index (χ2n) is 5.87. The summed E-state index contributed by atoms with van der Waals surface area (Å²) in [5.74, 6) is 0.644. The van der Waals surface area contributed by atoms with Gasteiger partial charge >= 0.3 is 0 Å². The molecule has 1 fully saturated rings. The van der Waals surface area contributed by atoms with Crippen molar-refractivity contribution in [1.82, 2.24) is 0 Å². The van der Waals surface area contributed by atoms with Gasteiger partial charge in [0.25, 0.3) is 0 Å². The van der Waals surface area contributed by atoms with E-state index < -0.39 is 0 Å². The van der Waals surface area contributed by atoms with Gasteiger partial charge in [0.1, 0.15) is 0 Å². The van der Waals surface area contributed by atoms with Gasteiger partial charge in [-0.25, -0.2) is 0 Å². The standard InChI is InChI=1S/C19H22IN/c20-21(17-12-6-2-7-13-17)19-15-9-3-8-14-18(19)16-10-4-1-5-11-16/h1-2,4-7,10-13,18-19H,3,8-9,14-15H2/t18-,19?/m1/s1. The van der Waals surface area contributed by atoms with Crippen LogP contribution in [0, 0.1) is 0 Å². The summed E-state index contributed by atoms with van der Waals surface area (Å²) in [5.41, 5.74) is 2.83. The van der Waals surface area contributed by atoms with Crippen LogP contribution in [0.4, 0.5) is 5.69 Å². The van der Waals surface area contributed by atoms with Crippen LogP contribution in [-0.2, 0) is 0 Å². The molecule has 0 N–H and O–H groups in total. The molecular weight excluding hydrogens is 369 g/mol. The zero-order valence-electron chi connectivity index (χ0n) is 12.3. The zero-order valence-corrected chi connectivity index (χ0v) is 14.4. The van der Waals surface area contributed by atoms with Crippen molar-refractivity contribution in [1.29, 1.82) is 0 Å². The molecule has 0 saturated heterocycles. The summed E-state index contributed by atoms with van der Waals surface area (Å²) in [7, 11) is 0. The zero-order chi connectivity index (χ0) is 14.5. The molecule has 0 aliphatic heterocycles. The summed E-state index contributed by atoms with van der Waals surface area (Å²) in [6.07, 6.45) is 6.67. The lowest BCUT2D eigenvalue weighted by atomic mass is 9.87. The molecule has 1 nitrogen and oxygen atoms in total. The van der Waals surface area contributed by atoms with E-state index in [2.05, 4.69) is 86.6 Å². The van der Waals surface area contributed by atoms with Crippen molar-refractivity contribution in [3.05, 3.63) is 66.2 Å². The molecule has 1 saturated carbocycles. The van der Waals surface area contributed by atoms with E-state index in [1.54, 1.807) is 0 Å². The molecule has 110 valence electrons. The Morgan fingerprint density at radius 3 is 2.10 bits per heavy atom. The number of anilines is 1. The second-order valence-corrected chi connectivity index (χ2v) is 6.91. The molecule has 0 radical (unpaired) electrons. The highest BCUT2D eigenvalue weighted by molar-refractivity contribution is 14.1. The molecule has 0 aromatic heterocycles. The van der Waals surface area contributed by atoms with E-state index in [4.69, 9.17) is 0 Å². The van der Waals surface area contributed by atoms with Crippen molar-refractivity contribution >= 4 is 28.6 Å². The fraction of sp³-hybridized carbons (Fsp3) is 0.368. The third kappa shape index (κ3) is 3.60. The van der Waals surface area contributed by atoms with Gasteiger partial charge in [-0.3, -0.25) is 0 Å². The van der Waals surface area contributed by atoms with E-state index in [1.807, 2.05) is 0 Å². The normalized spacial score (nSPS) is 22.5. The highest BCUT2D eigenvalue weighted by Gasteiger charge is 2.29. The molecule has 2 aromatic rings. The maximum atomic E-state index is 2.52. The summed E-state index contributed by atoms with van der Waals surface area (Å²) >= 11 is 2.52. The van der Waals surface area contributed by atoms with E-state index in [0.717, 1.165) is 0 Å². The van der Waals surface area contributed by atoms with E-state index in [9.17, 15) is 0 Å². The van der Waals surface area contributed by atoms with Gasteiger partial charge in [0.05, 0.1) is 22.9 Å². The van der Waals surface area contributed by atoms with Crippen LogP contribution in [0.15, 0.2) is 60.7 Å². The van der Waals surface area contributed by atoms with Crippen molar-refractivity contribution in [2.75, 3.05) is 3.11 Å². The first kappa shape index (κ1) is 14.9. The van der Waals surface area contributed by atoms with Gasteiger partial charge in [0.2, 0.25) is 0 Å². The van der Waals surface area contributed by atoms with E-state index >= 15 is 0 Å². The summed E-state index contributed by atoms with van der Waals surface area (Å²) < 4.78 is 2.47. The highest BCUT2D eigenvalue weighted by Crippen LogP contribution is 2.38. The Kier molecular flexibility index (Phi) is 5.17. The molecule has 0 bridgehead atoms. The average Bonchev–Trinajstić information content (AvgIpc) is 2.81. The first-order valence-corrected chi connectivity index (χ1v) is 8.88. The van der Waals surface area contributed by atoms with E-state index in [-0.39, 0.29) is 0 Å². The van der Waals surface area contributed by atoms with E-state index in [0.29, 0.717) is 12.0 Å². The van der Waals surface area contributed by atoms with E-state index in [1.165, 1.54) is 43.4 Å². The van der Waals surface area contributed by atoms with Gasteiger partial charge in [-0.15, -0.1) is 0 Å². The van der Waals surface area contributed by atoms with Crippen molar-refractivity contribution < 1.29 is 0 Å². The third-order valence-electron chi connectivity index (χ3n) is 4.50. The minimum atomic E-state index is 0.595. The van der Waals surface area contributed by atoms with Crippen LogP contribution in [0.25, 0.3) is 0 Å². The number of para-hydroxylation sites is 1. The van der Waals surface area contributed by atoms with Crippen molar-refractivity contribution in [2.24, 2.45) is 0 Å². The molecule has 1 aliphatic carbocycles. The molecule has 3 rings (SSSR count). The summed E-state index contributed by atoms with van der Waals surface area (Å²) in [6, 6.07) is 22.5. The van der Waals surface area contributed by atoms with Gasteiger partial charge in [-0.2, -0.15) is 0 Å². The molecule has 1 aliphatic rings. The summed E-state index contributed by atoms with van der Waals surface area (Å²) in [5, 5.41) is 0. The van der Waals surface area contributed by atoms with Crippen LogP contribution in [0.2, 0.25) is 0 Å². The number of nitrogens with zero attached hydrogens (tertiary/aromatic N) is 1. The summed E-state index contributed by atoms with van der Waals surface area (Å²) in [6.45, 7) is 0. The van der Waals surface area contributed by atoms with Crippen LogP contribution < -0.4 is 3.11 Å². The smallest absolute Gasteiger partial charge is 0.0594 e. The Morgan fingerprint density at radius 2 is 1.38 bits per heavy atom. The van der Waals surface area contributed by atoms with Gasteiger partial charge in [0, 0.05) is 17.6 Å². The molecule has 0 spiro atoms. The topological polar surface area (TPSA) is 3.24 Å². The molecule has 1 unspecified atom stereocenters. The maximum Gasteiger partial charge on any atom is 0.0594 e. The Balaban J connectivity index is 1.89. The second kappa shape index (κ2) is 7.30.